The summed E-state index contributed by atoms with van der Waals surface area (Å²) in [5.41, 5.74) is 2.88. The van der Waals surface area contributed by atoms with Crippen molar-refractivity contribution in [2.75, 3.05) is 13.1 Å². The minimum Gasteiger partial charge on any atom is -0.296 e. The first-order valence-electron chi connectivity index (χ1n) is 5.68. The minimum absolute atomic E-state index is 0.0182. The molecular weight excluding hydrogens is 250 g/mol. The van der Waals surface area contributed by atoms with E-state index >= 15 is 0 Å². The molecule has 7 heteroatoms. The maximum Gasteiger partial charge on any atom is 0.294 e. The molecule has 0 radical (unpaired) electrons. The van der Waals surface area contributed by atoms with Crippen molar-refractivity contribution in [2.45, 2.75) is 20.4 Å². The number of hydrogen-bond donors (Lipinski definition) is 2. The Bertz CT molecular complexity index is 439. The summed E-state index contributed by atoms with van der Waals surface area (Å²) in [6.45, 7) is 6.09. The van der Waals surface area contributed by atoms with Crippen molar-refractivity contribution in [3.05, 3.63) is 16.1 Å². The van der Waals surface area contributed by atoms with Gasteiger partial charge in [-0.3, -0.25) is 15.1 Å². The van der Waals surface area contributed by atoms with Crippen LogP contribution in [0.25, 0.3) is 0 Å². The molecule has 0 saturated carbocycles. The van der Waals surface area contributed by atoms with Crippen molar-refractivity contribution in [1.82, 2.24) is 15.3 Å². The first kappa shape index (κ1) is 14.6. The van der Waals surface area contributed by atoms with Crippen LogP contribution in [0, 0.1) is 17.2 Å². The number of nitriles is 1. The average Bonchev–Trinajstić information content (AvgIpc) is 2.85. The van der Waals surface area contributed by atoms with Gasteiger partial charge in [-0.05, 0) is 13.5 Å². The highest BCUT2D eigenvalue weighted by molar-refractivity contribution is 7.11. The third-order valence-corrected chi connectivity index (χ3v) is 3.35. The number of nitrogens with one attached hydrogen (secondary N) is 1. The molecule has 0 fully saturated rings. The Balaban J connectivity index is 2.62. The fourth-order valence-corrected chi connectivity index (χ4v) is 2.22. The molecule has 0 spiro atoms. The summed E-state index contributed by atoms with van der Waals surface area (Å²) >= 11 is 1.26. The number of carbonyl (C=O) groups is 1. The maximum atomic E-state index is 11.3. The van der Waals surface area contributed by atoms with Crippen LogP contribution in [0.15, 0.2) is 5.38 Å². The van der Waals surface area contributed by atoms with Gasteiger partial charge in [-0.25, -0.2) is 10.8 Å². The second-order valence-electron chi connectivity index (χ2n) is 3.98. The van der Waals surface area contributed by atoms with E-state index in [2.05, 4.69) is 21.4 Å². The number of hydrazine groups is 1. The predicted molar refractivity (Wildman–Crippen MR) is 69.5 cm³/mol. The Morgan fingerprint density at radius 3 is 3.06 bits per heavy atom. The number of nitrogens with zero attached hydrogens (tertiary/aromatic N) is 3. The molecule has 1 atom stereocenters. The van der Waals surface area contributed by atoms with Crippen molar-refractivity contribution in [2.24, 2.45) is 11.8 Å². The fraction of sp³-hybridized carbons (Fsp3) is 0.545. The highest BCUT2D eigenvalue weighted by atomic mass is 32.1. The summed E-state index contributed by atoms with van der Waals surface area (Å²) < 4.78 is 0. The van der Waals surface area contributed by atoms with E-state index in [-0.39, 0.29) is 11.8 Å². The third kappa shape index (κ3) is 4.07. The summed E-state index contributed by atoms with van der Waals surface area (Å²) in [4.78, 5) is 17.6. The summed E-state index contributed by atoms with van der Waals surface area (Å²) in [7, 11) is 0. The van der Waals surface area contributed by atoms with Gasteiger partial charge in [0.1, 0.15) is 0 Å². The molecule has 1 aromatic rings. The number of hydrogen-bond acceptors (Lipinski definition) is 6. The highest BCUT2D eigenvalue weighted by Crippen LogP contribution is 2.12. The summed E-state index contributed by atoms with van der Waals surface area (Å²) in [5.74, 6) is 4.65. The molecule has 1 amide bonds. The molecule has 0 bridgehead atoms. The van der Waals surface area contributed by atoms with Crippen LogP contribution in [0.3, 0.4) is 0 Å². The van der Waals surface area contributed by atoms with Gasteiger partial charge in [-0.1, -0.05) is 6.92 Å². The van der Waals surface area contributed by atoms with Crippen LogP contribution in [0.2, 0.25) is 0 Å². The largest absolute Gasteiger partial charge is 0.296 e. The summed E-state index contributed by atoms with van der Waals surface area (Å²) in [6.07, 6.45) is 0. The minimum atomic E-state index is -0.375. The summed E-state index contributed by atoms with van der Waals surface area (Å²) in [5, 5.41) is 11.0. The van der Waals surface area contributed by atoms with Gasteiger partial charge in [0.25, 0.3) is 5.91 Å². The van der Waals surface area contributed by atoms with Crippen molar-refractivity contribution >= 4 is 17.2 Å². The molecule has 1 aromatic heterocycles. The molecule has 98 valence electrons. The second kappa shape index (κ2) is 7.06. The second-order valence-corrected chi connectivity index (χ2v) is 4.83. The van der Waals surface area contributed by atoms with Crippen LogP contribution in [-0.4, -0.2) is 28.9 Å². The fourth-order valence-electron chi connectivity index (χ4n) is 1.51. The normalized spacial score (nSPS) is 12.2. The van der Waals surface area contributed by atoms with Crippen LogP contribution in [0.4, 0.5) is 0 Å². The molecule has 6 nitrogen and oxygen atoms in total. The number of aromatic nitrogens is 1. The summed E-state index contributed by atoms with van der Waals surface area (Å²) in [6, 6.07) is 2.21. The van der Waals surface area contributed by atoms with E-state index in [1.165, 1.54) is 11.3 Å². The van der Waals surface area contributed by atoms with Crippen molar-refractivity contribution in [3.63, 3.8) is 0 Å². The van der Waals surface area contributed by atoms with Crippen molar-refractivity contribution < 1.29 is 4.79 Å². The van der Waals surface area contributed by atoms with E-state index in [1.807, 2.05) is 19.2 Å². The van der Waals surface area contributed by atoms with Crippen LogP contribution in [0.5, 0.6) is 0 Å². The topological polar surface area (TPSA) is 95.0 Å². The Labute approximate surface area is 110 Å². The lowest BCUT2D eigenvalue weighted by atomic mass is 10.2. The van der Waals surface area contributed by atoms with E-state index in [0.717, 1.165) is 12.2 Å². The zero-order valence-electron chi connectivity index (χ0n) is 10.5. The monoisotopic (exact) mass is 267 g/mol. The van der Waals surface area contributed by atoms with Crippen molar-refractivity contribution in [3.8, 4) is 6.07 Å². The SMILES string of the molecule is CCN(Cc1csc(C(=O)NN)n1)CC(C)C#N. The van der Waals surface area contributed by atoms with Gasteiger partial charge >= 0.3 is 0 Å². The first-order chi connectivity index (χ1) is 8.60. The molecule has 0 saturated heterocycles. The Hall–Kier alpha value is -1.49. The van der Waals surface area contributed by atoms with Gasteiger partial charge in [0.2, 0.25) is 0 Å². The molecule has 1 unspecified atom stereocenters. The van der Waals surface area contributed by atoms with Crippen molar-refractivity contribution in [1.29, 1.82) is 5.26 Å². The molecular formula is C11H17N5OS. The average molecular weight is 267 g/mol. The number of carbonyl (C=O) groups excluding carboxylic acids is 1. The number of rotatable bonds is 6. The van der Waals surface area contributed by atoms with Crippen LogP contribution in [0.1, 0.15) is 29.3 Å². The van der Waals surface area contributed by atoms with Gasteiger partial charge in [0.05, 0.1) is 17.7 Å². The standard InChI is InChI=1S/C11H17N5OS/c1-3-16(5-8(2)4-12)6-9-7-18-11(14-9)10(17)15-13/h7-8H,3,5-6,13H2,1-2H3,(H,15,17). The molecule has 3 N–H and O–H groups in total. The molecule has 18 heavy (non-hydrogen) atoms. The first-order valence-corrected chi connectivity index (χ1v) is 6.56. The van der Waals surface area contributed by atoms with Gasteiger partial charge in [0.15, 0.2) is 5.01 Å². The van der Waals surface area contributed by atoms with E-state index < -0.39 is 0 Å². The Morgan fingerprint density at radius 1 is 1.78 bits per heavy atom. The Kier molecular flexibility index (Phi) is 5.71. The third-order valence-electron chi connectivity index (χ3n) is 2.46. The van der Waals surface area contributed by atoms with E-state index in [1.54, 1.807) is 0 Å². The number of amides is 1. The molecule has 0 aliphatic heterocycles. The lowest BCUT2D eigenvalue weighted by molar-refractivity contribution is 0.0953. The molecule has 1 rings (SSSR count). The van der Waals surface area contributed by atoms with Crippen LogP contribution in [-0.2, 0) is 6.54 Å². The predicted octanol–water partition coefficient (Wildman–Crippen LogP) is 0.728. The number of nitrogens with two attached hydrogens (primary N) is 1. The molecule has 1 heterocycles. The van der Waals surface area contributed by atoms with E-state index in [0.29, 0.717) is 18.1 Å². The smallest absolute Gasteiger partial charge is 0.294 e. The maximum absolute atomic E-state index is 11.3. The molecule has 0 aliphatic rings. The van der Waals surface area contributed by atoms with Crippen LogP contribution >= 0.6 is 11.3 Å². The van der Waals surface area contributed by atoms with E-state index in [9.17, 15) is 4.79 Å². The quantitative estimate of drug-likeness (QED) is 0.450. The van der Waals surface area contributed by atoms with Gasteiger partial charge < -0.3 is 0 Å². The highest BCUT2D eigenvalue weighted by Gasteiger charge is 2.13. The lowest BCUT2D eigenvalue weighted by Gasteiger charge is -2.20. The zero-order chi connectivity index (χ0) is 13.5. The zero-order valence-corrected chi connectivity index (χ0v) is 11.3. The lowest BCUT2D eigenvalue weighted by Crippen LogP contribution is -2.30. The molecule has 0 aliphatic carbocycles. The van der Waals surface area contributed by atoms with Gasteiger partial charge in [-0.15, -0.1) is 11.3 Å². The Morgan fingerprint density at radius 2 is 2.50 bits per heavy atom. The van der Waals surface area contributed by atoms with Gasteiger partial charge in [0, 0.05) is 18.5 Å². The number of thiazole rings is 1. The van der Waals surface area contributed by atoms with Gasteiger partial charge in [-0.2, -0.15) is 5.26 Å². The van der Waals surface area contributed by atoms with Crippen LogP contribution < -0.4 is 11.3 Å². The number of nitrogen functional groups attached to an aromatic ring is 1. The molecule has 0 aromatic carbocycles. The van der Waals surface area contributed by atoms with E-state index in [4.69, 9.17) is 11.1 Å².